The van der Waals surface area contributed by atoms with Crippen molar-refractivity contribution in [2.45, 2.75) is 6.42 Å². The summed E-state index contributed by atoms with van der Waals surface area (Å²) in [4.78, 5) is 27.2. The largest absolute Gasteiger partial charge is 0.394 e. The van der Waals surface area contributed by atoms with E-state index in [0.29, 0.717) is 17.3 Å². The quantitative estimate of drug-likeness (QED) is 0.721. The molecular formula is C17H17ClN4O2. The maximum atomic E-state index is 11.8. The molecule has 0 aliphatic rings. The Bertz CT molecular complexity index is 772. The Morgan fingerprint density at radius 1 is 1.25 bits per heavy atom. The molecule has 4 N–H and O–H groups in total. The van der Waals surface area contributed by atoms with Crippen molar-refractivity contribution in [2.75, 3.05) is 12.4 Å². The Balaban J connectivity index is 2.00. The van der Waals surface area contributed by atoms with Gasteiger partial charge in [-0.25, -0.2) is 4.98 Å². The van der Waals surface area contributed by atoms with Crippen LogP contribution in [0.25, 0.3) is 0 Å². The first-order valence-corrected chi connectivity index (χ1v) is 7.55. The third-order valence-electron chi connectivity index (χ3n) is 3.16. The number of hydrogen-bond donors (Lipinski definition) is 3. The number of likely N-dealkylation sites (N-methyl/N-ethyl adjacent to an activating group) is 1. The fourth-order valence-corrected chi connectivity index (χ4v) is 2.17. The molecular weight excluding hydrogens is 328 g/mol. The Morgan fingerprint density at radius 3 is 2.67 bits per heavy atom. The van der Waals surface area contributed by atoms with E-state index in [1.165, 1.54) is 7.05 Å². The first-order valence-electron chi connectivity index (χ1n) is 7.17. The molecule has 0 aliphatic heterocycles. The third kappa shape index (κ3) is 5.10. The van der Waals surface area contributed by atoms with Gasteiger partial charge >= 0.3 is 0 Å². The summed E-state index contributed by atoms with van der Waals surface area (Å²) in [7, 11) is 1.45. The van der Waals surface area contributed by atoms with E-state index in [2.05, 4.69) is 15.6 Å². The number of hydrogen-bond acceptors (Lipinski definition) is 4. The molecule has 0 spiro atoms. The van der Waals surface area contributed by atoms with E-state index in [1.807, 2.05) is 30.3 Å². The Labute approximate surface area is 144 Å². The number of pyridine rings is 1. The maximum absolute atomic E-state index is 11.8. The average molecular weight is 345 g/mol. The number of aromatic nitrogens is 1. The molecule has 1 aromatic heterocycles. The fourth-order valence-electron chi connectivity index (χ4n) is 1.95. The zero-order valence-corrected chi connectivity index (χ0v) is 13.8. The molecule has 0 saturated carbocycles. The molecule has 2 aromatic rings. The third-order valence-corrected chi connectivity index (χ3v) is 3.39. The molecule has 2 amide bonds. The number of carbonyl (C=O) groups excluding carboxylic acids is 2. The second-order valence-electron chi connectivity index (χ2n) is 5.03. The minimum atomic E-state index is -0.589. The number of nitrogens with zero attached hydrogens (tertiary/aromatic N) is 1. The highest BCUT2D eigenvalue weighted by Gasteiger charge is 2.08. The second-order valence-corrected chi connectivity index (χ2v) is 5.46. The molecule has 2 rings (SSSR count). The van der Waals surface area contributed by atoms with Crippen LogP contribution in [0.1, 0.15) is 11.1 Å². The molecule has 0 fully saturated rings. The predicted molar refractivity (Wildman–Crippen MR) is 93.5 cm³/mol. The SMILES string of the molecule is CNC(=O)/C=C(\N)C(=O)Nc1ccc(Cc2cccc(Cl)c2)cn1. The summed E-state index contributed by atoms with van der Waals surface area (Å²) < 4.78 is 0. The number of nitrogens with two attached hydrogens (primary N) is 1. The van der Waals surface area contributed by atoms with E-state index in [-0.39, 0.29) is 5.70 Å². The van der Waals surface area contributed by atoms with E-state index < -0.39 is 11.8 Å². The van der Waals surface area contributed by atoms with E-state index in [1.54, 1.807) is 12.3 Å². The van der Waals surface area contributed by atoms with Crippen LogP contribution in [0.15, 0.2) is 54.4 Å². The van der Waals surface area contributed by atoms with Crippen LogP contribution in [0.5, 0.6) is 0 Å². The molecule has 0 atom stereocenters. The number of rotatable bonds is 5. The van der Waals surface area contributed by atoms with Crippen molar-refractivity contribution >= 4 is 29.2 Å². The summed E-state index contributed by atoms with van der Waals surface area (Å²) >= 11 is 5.96. The smallest absolute Gasteiger partial charge is 0.272 e. The second kappa shape index (κ2) is 8.12. The van der Waals surface area contributed by atoms with Crippen LogP contribution in [0.3, 0.4) is 0 Å². The normalized spacial score (nSPS) is 11.0. The fraction of sp³-hybridized carbons (Fsp3) is 0.118. The Kier molecular flexibility index (Phi) is 5.92. The monoisotopic (exact) mass is 344 g/mol. The summed E-state index contributed by atoms with van der Waals surface area (Å²) in [6.07, 6.45) is 3.36. The number of carbonyl (C=O) groups is 2. The first-order chi connectivity index (χ1) is 11.5. The highest BCUT2D eigenvalue weighted by molar-refractivity contribution is 6.30. The van der Waals surface area contributed by atoms with Gasteiger partial charge in [-0.3, -0.25) is 9.59 Å². The molecule has 24 heavy (non-hydrogen) atoms. The van der Waals surface area contributed by atoms with Crippen LogP contribution in [0.4, 0.5) is 5.82 Å². The molecule has 1 aromatic carbocycles. The van der Waals surface area contributed by atoms with Crippen LogP contribution < -0.4 is 16.4 Å². The minimum Gasteiger partial charge on any atom is -0.394 e. The molecule has 0 bridgehead atoms. The van der Waals surface area contributed by atoms with Crippen LogP contribution in [-0.2, 0) is 16.0 Å². The lowest BCUT2D eigenvalue weighted by Gasteiger charge is -2.06. The van der Waals surface area contributed by atoms with Gasteiger partial charge in [-0.1, -0.05) is 29.8 Å². The van der Waals surface area contributed by atoms with Gasteiger partial charge in [0, 0.05) is 24.3 Å². The number of amides is 2. The standard InChI is InChI=1S/C17H17ClN4O2/c1-20-16(23)9-14(19)17(24)22-15-6-5-12(10-21-15)7-11-3-2-4-13(18)8-11/h2-6,8-10H,7,19H2,1H3,(H,20,23)(H,21,22,24)/b14-9-. The average Bonchev–Trinajstić information content (AvgIpc) is 2.56. The Morgan fingerprint density at radius 2 is 2.04 bits per heavy atom. The zero-order chi connectivity index (χ0) is 17.5. The summed E-state index contributed by atoms with van der Waals surface area (Å²) in [5.74, 6) is -0.690. The van der Waals surface area contributed by atoms with Gasteiger partial charge in [0.2, 0.25) is 5.91 Å². The van der Waals surface area contributed by atoms with Crippen molar-refractivity contribution in [1.29, 1.82) is 0 Å². The first kappa shape index (κ1) is 17.5. The van der Waals surface area contributed by atoms with Gasteiger partial charge in [0.25, 0.3) is 5.91 Å². The molecule has 124 valence electrons. The number of nitrogens with one attached hydrogen (secondary N) is 2. The van der Waals surface area contributed by atoms with Gasteiger partial charge in [-0.15, -0.1) is 0 Å². The van der Waals surface area contributed by atoms with Gasteiger partial charge in [0.1, 0.15) is 11.5 Å². The topological polar surface area (TPSA) is 97.1 Å². The molecule has 0 aliphatic carbocycles. The molecule has 0 radical (unpaired) electrons. The van der Waals surface area contributed by atoms with Crippen LogP contribution in [0.2, 0.25) is 5.02 Å². The zero-order valence-electron chi connectivity index (χ0n) is 13.0. The van der Waals surface area contributed by atoms with E-state index in [9.17, 15) is 9.59 Å². The lowest BCUT2D eigenvalue weighted by atomic mass is 10.1. The van der Waals surface area contributed by atoms with E-state index >= 15 is 0 Å². The molecule has 7 heteroatoms. The molecule has 0 unspecified atom stereocenters. The summed E-state index contributed by atoms with van der Waals surface area (Å²) in [5.41, 5.74) is 7.38. The highest BCUT2D eigenvalue weighted by atomic mass is 35.5. The van der Waals surface area contributed by atoms with Gasteiger partial charge in [-0.2, -0.15) is 0 Å². The van der Waals surface area contributed by atoms with E-state index in [0.717, 1.165) is 17.2 Å². The lowest BCUT2D eigenvalue weighted by Crippen LogP contribution is -2.24. The van der Waals surface area contributed by atoms with Gasteiger partial charge in [0.15, 0.2) is 0 Å². The van der Waals surface area contributed by atoms with Crippen molar-refractivity contribution in [3.63, 3.8) is 0 Å². The number of anilines is 1. The molecule has 0 saturated heterocycles. The Hall–Kier alpha value is -2.86. The number of benzene rings is 1. The highest BCUT2D eigenvalue weighted by Crippen LogP contribution is 2.15. The maximum Gasteiger partial charge on any atom is 0.272 e. The minimum absolute atomic E-state index is 0.195. The number of halogens is 1. The van der Waals surface area contributed by atoms with Crippen LogP contribution in [-0.4, -0.2) is 23.8 Å². The van der Waals surface area contributed by atoms with Crippen molar-refractivity contribution in [3.8, 4) is 0 Å². The van der Waals surface area contributed by atoms with E-state index in [4.69, 9.17) is 17.3 Å². The van der Waals surface area contributed by atoms with Crippen molar-refractivity contribution in [2.24, 2.45) is 5.73 Å². The van der Waals surface area contributed by atoms with Gasteiger partial charge in [0.05, 0.1) is 0 Å². The summed E-state index contributed by atoms with van der Waals surface area (Å²) in [6, 6.07) is 11.1. The van der Waals surface area contributed by atoms with Gasteiger partial charge in [-0.05, 0) is 35.7 Å². The van der Waals surface area contributed by atoms with Crippen molar-refractivity contribution in [3.05, 3.63) is 70.5 Å². The van der Waals surface area contributed by atoms with Crippen LogP contribution in [0, 0.1) is 0 Å². The van der Waals surface area contributed by atoms with Crippen molar-refractivity contribution < 1.29 is 9.59 Å². The van der Waals surface area contributed by atoms with Gasteiger partial charge < -0.3 is 16.4 Å². The predicted octanol–water partition coefficient (Wildman–Crippen LogP) is 1.85. The summed E-state index contributed by atoms with van der Waals surface area (Å²) in [6.45, 7) is 0. The molecule has 6 nitrogen and oxygen atoms in total. The lowest BCUT2D eigenvalue weighted by molar-refractivity contribution is -0.117. The summed E-state index contributed by atoms with van der Waals surface area (Å²) in [5, 5.41) is 5.56. The van der Waals surface area contributed by atoms with Crippen LogP contribution >= 0.6 is 11.6 Å². The van der Waals surface area contributed by atoms with Crippen molar-refractivity contribution in [1.82, 2.24) is 10.3 Å². The molecule has 1 heterocycles.